The third-order valence-corrected chi connectivity index (χ3v) is 3.11. The zero-order valence-corrected chi connectivity index (χ0v) is 9.83. The molecule has 0 atom stereocenters. The Morgan fingerprint density at radius 2 is 2.19 bits per heavy atom. The van der Waals surface area contributed by atoms with Gasteiger partial charge >= 0.3 is 0 Å². The van der Waals surface area contributed by atoms with Gasteiger partial charge < -0.3 is 4.42 Å². The largest absolute Gasteiger partial charge is 0.472 e. The lowest BCUT2D eigenvalue weighted by atomic mass is 10.1. The van der Waals surface area contributed by atoms with Gasteiger partial charge in [-0.3, -0.25) is 4.79 Å². The van der Waals surface area contributed by atoms with Crippen LogP contribution in [0.15, 0.2) is 45.7 Å². The zero-order valence-electron chi connectivity index (χ0n) is 8.24. The first kappa shape index (κ1) is 11.1. The summed E-state index contributed by atoms with van der Waals surface area (Å²) in [4.78, 5) is 11.7. The van der Waals surface area contributed by atoms with Crippen molar-refractivity contribution in [1.82, 2.24) is 0 Å². The normalized spacial score (nSPS) is 10.4. The summed E-state index contributed by atoms with van der Waals surface area (Å²) in [5.74, 6) is -0.461. The first-order chi connectivity index (χ1) is 7.68. The molecule has 0 bridgehead atoms. The summed E-state index contributed by atoms with van der Waals surface area (Å²) < 4.78 is 18.4. The van der Waals surface area contributed by atoms with Crippen LogP contribution in [-0.2, 0) is 6.42 Å². The van der Waals surface area contributed by atoms with E-state index in [1.54, 1.807) is 18.2 Å². The fourth-order valence-corrected chi connectivity index (χ4v) is 1.79. The van der Waals surface area contributed by atoms with Crippen molar-refractivity contribution in [3.63, 3.8) is 0 Å². The Morgan fingerprint density at radius 1 is 1.38 bits per heavy atom. The Morgan fingerprint density at radius 3 is 2.88 bits per heavy atom. The van der Waals surface area contributed by atoms with E-state index in [1.165, 1.54) is 18.6 Å². The van der Waals surface area contributed by atoms with Crippen LogP contribution in [0.3, 0.4) is 0 Å². The third-order valence-electron chi connectivity index (χ3n) is 2.23. The summed E-state index contributed by atoms with van der Waals surface area (Å²) in [5, 5.41) is 0. The second-order valence-corrected chi connectivity index (χ2v) is 4.12. The maximum Gasteiger partial charge on any atom is 0.170 e. The van der Waals surface area contributed by atoms with Gasteiger partial charge in [-0.05, 0) is 33.6 Å². The Balaban J connectivity index is 2.22. The van der Waals surface area contributed by atoms with E-state index in [0.29, 0.717) is 15.6 Å². The average Bonchev–Trinajstić information content (AvgIpc) is 2.78. The van der Waals surface area contributed by atoms with E-state index in [-0.39, 0.29) is 18.0 Å². The van der Waals surface area contributed by atoms with E-state index in [0.717, 1.165) is 0 Å². The first-order valence-corrected chi connectivity index (χ1v) is 5.46. The van der Waals surface area contributed by atoms with Crippen molar-refractivity contribution in [2.75, 3.05) is 0 Å². The van der Waals surface area contributed by atoms with Crippen LogP contribution in [0.25, 0.3) is 0 Å². The summed E-state index contributed by atoms with van der Waals surface area (Å²) in [6.45, 7) is 0. The monoisotopic (exact) mass is 282 g/mol. The van der Waals surface area contributed by atoms with Crippen LogP contribution in [-0.4, -0.2) is 5.78 Å². The minimum absolute atomic E-state index is 0.0972. The Labute approximate surface area is 100 Å². The van der Waals surface area contributed by atoms with Gasteiger partial charge in [0.2, 0.25) is 0 Å². The Hall–Kier alpha value is -1.42. The molecule has 1 heterocycles. The molecule has 16 heavy (non-hydrogen) atoms. The first-order valence-electron chi connectivity index (χ1n) is 4.67. The number of Topliss-reactive ketones (excluding diaryl/α,β-unsaturated/α-hetero) is 1. The molecule has 0 aliphatic heterocycles. The smallest absolute Gasteiger partial charge is 0.170 e. The molecule has 4 heteroatoms. The second-order valence-electron chi connectivity index (χ2n) is 3.32. The van der Waals surface area contributed by atoms with Gasteiger partial charge in [-0.2, -0.15) is 0 Å². The van der Waals surface area contributed by atoms with E-state index in [1.807, 2.05) is 0 Å². The quantitative estimate of drug-likeness (QED) is 0.805. The molecule has 0 aliphatic rings. The van der Waals surface area contributed by atoms with Crippen LogP contribution in [0.4, 0.5) is 4.39 Å². The number of benzene rings is 1. The predicted molar refractivity (Wildman–Crippen MR) is 60.8 cm³/mol. The van der Waals surface area contributed by atoms with E-state index in [2.05, 4.69) is 15.9 Å². The highest BCUT2D eigenvalue weighted by atomic mass is 79.9. The number of carbonyl (C=O) groups is 1. The number of hydrogen-bond acceptors (Lipinski definition) is 2. The maximum atomic E-state index is 13.2. The molecule has 0 spiro atoms. The lowest BCUT2D eigenvalue weighted by molar-refractivity contribution is 0.0992. The number of halogens is 2. The summed E-state index contributed by atoms with van der Waals surface area (Å²) >= 11 is 3.12. The Kier molecular flexibility index (Phi) is 3.19. The topological polar surface area (TPSA) is 30.2 Å². The minimum Gasteiger partial charge on any atom is -0.472 e. The van der Waals surface area contributed by atoms with Crippen LogP contribution >= 0.6 is 15.9 Å². The van der Waals surface area contributed by atoms with Crippen molar-refractivity contribution in [2.45, 2.75) is 6.42 Å². The molecule has 0 unspecified atom stereocenters. The van der Waals surface area contributed by atoms with Gasteiger partial charge in [0.15, 0.2) is 5.78 Å². The number of ketones is 1. The van der Waals surface area contributed by atoms with Crippen molar-refractivity contribution in [2.24, 2.45) is 0 Å². The fourth-order valence-electron chi connectivity index (χ4n) is 1.38. The minimum atomic E-state index is -0.363. The molecule has 1 aromatic carbocycles. The molecule has 0 radical (unpaired) electrons. The zero-order chi connectivity index (χ0) is 11.5. The molecule has 2 rings (SSSR count). The third kappa shape index (κ3) is 2.22. The van der Waals surface area contributed by atoms with Gasteiger partial charge in [0, 0.05) is 6.42 Å². The molecule has 1 aromatic heterocycles. The Bertz CT molecular complexity index is 506. The average molecular weight is 283 g/mol. The second kappa shape index (κ2) is 4.61. The molecule has 82 valence electrons. The van der Waals surface area contributed by atoms with Gasteiger partial charge in [-0.15, -0.1) is 0 Å². The molecular weight excluding hydrogens is 275 g/mol. The number of carbonyl (C=O) groups excluding carboxylic acids is 1. The van der Waals surface area contributed by atoms with Gasteiger partial charge in [0.05, 0.1) is 16.3 Å². The number of furan rings is 1. The van der Waals surface area contributed by atoms with Gasteiger partial charge in [0.1, 0.15) is 12.1 Å². The van der Waals surface area contributed by atoms with Crippen molar-refractivity contribution in [3.8, 4) is 0 Å². The standard InChI is InChI=1S/C12H8BrFO2/c13-12-8(2-1-3-10(12)14)6-11(15)9-4-5-16-7-9/h1-5,7H,6H2. The summed E-state index contributed by atoms with van der Waals surface area (Å²) in [6, 6.07) is 6.23. The van der Waals surface area contributed by atoms with Crippen molar-refractivity contribution >= 4 is 21.7 Å². The van der Waals surface area contributed by atoms with E-state index < -0.39 is 0 Å². The van der Waals surface area contributed by atoms with Gasteiger partial charge in [0.25, 0.3) is 0 Å². The molecule has 2 aromatic rings. The summed E-state index contributed by atoms with van der Waals surface area (Å²) in [7, 11) is 0. The van der Waals surface area contributed by atoms with Crippen molar-refractivity contribution in [1.29, 1.82) is 0 Å². The van der Waals surface area contributed by atoms with Gasteiger partial charge in [-0.1, -0.05) is 12.1 Å². The molecule has 0 amide bonds. The van der Waals surface area contributed by atoms with E-state index in [4.69, 9.17) is 4.42 Å². The van der Waals surface area contributed by atoms with Crippen LogP contribution in [0, 0.1) is 5.82 Å². The van der Waals surface area contributed by atoms with E-state index >= 15 is 0 Å². The molecule has 2 nitrogen and oxygen atoms in total. The summed E-state index contributed by atoms with van der Waals surface area (Å²) in [5.41, 5.74) is 1.13. The molecule has 0 aliphatic carbocycles. The highest BCUT2D eigenvalue weighted by Gasteiger charge is 2.12. The van der Waals surface area contributed by atoms with Crippen LogP contribution in [0.1, 0.15) is 15.9 Å². The summed E-state index contributed by atoms with van der Waals surface area (Å²) in [6.07, 6.45) is 2.97. The van der Waals surface area contributed by atoms with E-state index in [9.17, 15) is 9.18 Å². The van der Waals surface area contributed by atoms with Gasteiger partial charge in [-0.25, -0.2) is 4.39 Å². The highest BCUT2D eigenvalue weighted by Crippen LogP contribution is 2.21. The number of rotatable bonds is 3. The lowest BCUT2D eigenvalue weighted by Gasteiger charge is -2.03. The van der Waals surface area contributed by atoms with Crippen LogP contribution in [0.2, 0.25) is 0 Å². The SMILES string of the molecule is O=C(Cc1cccc(F)c1Br)c1ccoc1. The molecule has 0 saturated carbocycles. The molecule has 0 fully saturated rings. The lowest BCUT2D eigenvalue weighted by Crippen LogP contribution is -2.03. The maximum absolute atomic E-state index is 13.2. The van der Waals surface area contributed by atoms with Crippen molar-refractivity contribution in [3.05, 3.63) is 58.2 Å². The molecule has 0 N–H and O–H groups in total. The molecule has 0 saturated heterocycles. The fraction of sp³-hybridized carbons (Fsp3) is 0.0833. The van der Waals surface area contributed by atoms with Crippen LogP contribution < -0.4 is 0 Å². The molecular formula is C12H8BrFO2. The van der Waals surface area contributed by atoms with Crippen LogP contribution in [0.5, 0.6) is 0 Å². The predicted octanol–water partition coefficient (Wildman–Crippen LogP) is 3.61. The van der Waals surface area contributed by atoms with Crippen molar-refractivity contribution < 1.29 is 13.6 Å². The highest BCUT2D eigenvalue weighted by molar-refractivity contribution is 9.10. The number of hydrogen-bond donors (Lipinski definition) is 0.